The van der Waals surface area contributed by atoms with Gasteiger partial charge in [-0.15, -0.1) is 0 Å². The number of carbonyl (C=O) groups excluding carboxylic acids is 1. The second-order valence-corrected chi connectivity index (χ2v) is 6.21. The molecule has 1 amide bonds. The first kappa shape index (κ1) is 17.0. The van der Waals surface area contributed by atoms with Gasteiger partial charge in [-0.1, -0.05) is 30.3 Å². The van der Waals surface area contributed by atoms with E-state index in [4.69, 9.17) is 13.9 Å². The number of methoxy groups -OCH3 is 1. The third kappa shape index (κ3) is 3.31. The third-order valence-electron chi connectivity index (χ3n) is 4.39. The summed E-state index contributed by atoms with van der Waals surface area (Å²) in [4.78, 5) is 12.5. The van der Waals surface area contributed by atoms with E-state index in [1.165, 1.54) is 0 Å². The van der Waals surface area contributed by atoms with Gasteiger partial charge >= 0.3 is 0 Å². The van der Waals surface area contributed by atoms with Gasteiger partial charge in [0.25, 0.3) is 5.91 Å². The van der Waals surface area contributed by atoms with Crippen molar-refractivity contribution in [2.45, 2.75) is 13.0 Å². The van der Waals surface area contributed by atoms with Crippen LogP contribution in [0.4, 0.5) is 5.69 Å². The van der Waals surface area contributed by atoms with Crippen LogP contribution in [0.25, 0.3) is 21.9 Å². The van der Waals surface area contributed by atoms with E-state index in [1.54, 1.807) is 26.2 Å². The number of anilines is 1. The average Bonchev–Trinajstić information content (AvgIpc) is 3.06. The van der Waals surface area contributed by atoms with E-state index in [9.17, 15) is 4.79 Å². The summed E-state index contributed by atoms with van der Waals surface area (Å²) < 4.78 is 16.9. The summed E-state index contributed by atoms with van der Waals surface area (Å²) in [6.07, 6.45) is -0.687. The number of ether oxygens (including phenoxy) is 2. The molecule has 5 heteroatoms. The monoisotopic (exact) mass is 361 g/mol. The Hall–Kier alpha value is -3.47. The molecule has 1 heterocycles. The molecule has 4 aromatic rings. The van der Waals surface area contributed by atoms with Crippen LogP contribution >= 0.6 is 0 Å². The van der Waals surface area contributed by atoms with Crippen molar-refractivity contribution in [1.82, 2.24) is 0 Å². The summed E-state index contributed by atoms with van der Waals surface area (Å²) in [6.45, 7) is 1.70. The van der Waals surface area contributed by atoms with Crippen molar-refractivity contribution in [3.8, 4) is 11.5 Å². The van der Waals surface area contributed by atoms with E-state index in [0.29, 0.717) is 17.2 Å². The van der Waals surface area contributed by atoms with Crippen molar-refractivity contribution in [3.63, 3.8) is 0 Å². The summed E-state index contributed by atoms with van der Waals surface area (Å²) >= 11 is 0. The highest BCUT2D eigenvalue weighted by Crippen LogP contribution is 2.31. The molecule has 0 aliphatic rings. The van der Waals surface area contributed by atoms with E-state index in [2.05, 4.69) is 5.32 Å². The molecule has 136 valence electrons. The van der Waals surface area contributed by atoms with Crippen LogP contribution in [0.15, 0.2) is 71.1 Å². The van der Waals surface area contributed by atoms with E-state index in [0.717, 1.165) is 21.9 Å². The predicted octanol–water partition coefficient (Wildman–Crippen LogP) is 5.00. The molecule has 0 radical (unpaired) electrons. The van der Waals surface area contributed by atoms with Crippen molar-refractivity contribution in [3.05, 3.63) is 66.7 Å². The van der Waals surface area contributed by atoms with E-state index < -0.39 is 6.10 Å². The number of amides is 1. The molecule has 0 bridgehead atoms. The highest BCUT2D eigenvalue weighted by atomic mass is 16.5. The number of benzene rings is 3. The standard InChI is InChI=1S/C22H19NO4/c1-14(26-20-10-6-5-9-19(20)25-2)22(24)23-15-11-12-17-16-7-3-4-8-18(16)27-21(17)13-15/h3-14H,1-2H3,(H,23,24)/t14-/m0/s1. The molecule has 1 aromatic heterocycles. The minimum absolute atomic E-state index is 0.253. The fraction of sp³-hybridized carbons (Fsp3) is 0.136. The Morgan fingerprint density at radius 1 is 0.926 bits per heavy atom. The lowest BCUT2D eigenvalue weighted by Crippen LogP contribution is -2.30. The zero-order chi connectivity index (χ0) is 18.8. The van der Waals surface area contributed by atoms with E-state index in [1.807, 2.05) is 54.6 Å². The smallest absolute Gasteiger partial charge is 0.265 e. The van der Waals surface area contributed by atoms with Gasteiger partial charge in [0.2, 0.25) is 0 Å². The van der Waals surface area contributed by atoms with E-state index >= 15 is 0 Å². The summed E-state index contributed by atoms with van der Waals surface area (Å²) in [6, 6.07) is 20.7. The number of hydrogen-bond donors (Lipinski definition) is 1. The van der Waals surface area contributed by atoms with Crippen LogP contribution in [0, 0.1) is 0 Å². The van der Waals surface area contributed by atoms with Crippen LogP contribution in [-0.4, -0.2) is 19.1 Å². The molecule has 27 heavy (non-hydrogen) atoms. The van der Waals surface area contributed by atoms with Crippen molar-refractivity contribution >= 4 is 33.5 Å². The number of furan rings is 1. The van der Waals surface area contributed by atoms with Crippen LogP contribution in [0.1, 0.15) is 6.92 Å². The Labute approximate surface area is 156 Å². The lowest BCUT2D eigenvalue weighted by molar-refractivity contribution is -0.122. The number of carbonyl (C=O) groups is 1. The largest absolute Gasteiger partial charge is 0.493 e. The second-order valence-electron chi connectivity index (χ2n) is 6.21. The van der Waals surface area contributed by atoms with Gasteiger partial charge in [0, 0.05) is 22.5 Å². The first-order valence-corrected chi connectivity index (χ1v) is 8.67. The molecule has 0 aliphatic heterocycles. The molecule has 0 unspecified atom stereocenters. The minimum Gasteiger partial charge on any atom is -0.493 e. The van der Waals surface area contributed by atoms with Crippen LogP contribution in [0.2, 0.25) is 0 Å². The molecule has 0 fully saturated rings. The van der Waals surface area contributed by atoms with Crippen LogP contribution in [0.5, 0.6) is 11.5 Å². The van der Waals surface area contributed by atoms with E-state index in [-0.39, 0.29) is 5.91 Å². The molecule has 1 N–H and O–H groups in total. The predicted molar refractivity (Wildman–Crippen MR) is 105 cm³/mol. The quantitative estimate of drug-likeness (QED) is 0.543. The molecule has 4 rings (SSSR count). The maximum atomic E-state index is 12.5. The second kappa shape index (κ2) is 7.03. The Morgan fingerprint density at radius 3 is 2.44 bits per heavy atom. The van der Waals surface area contributed by atoms with Crippen LogP contribution < -0.4 is 14.8 Å². The molecule has 0 aliphatic carbocycles. The number of para-hydroxylation sites is 3. The molecule has 0 spiro atoms. The molecule has 0 saturated carbocycles. The minimum atomic E-state index is -0.687. The first-order valence-electron chi connectivity index (χ1n) is 8.67. The summed E-state index contributed by atoms with van der Waals surface area (Å²) in [5.74, 6) is 0.854. The maximum Gasteiger partial charge on any atom is 0.265 e. The maximum absolute atomic E-state index is 12.5. The Morgan fingerprint density at radius 2 is 1.63 bits per heavy atom. The topological polar surface area (TPSA) is 60.7 Å². The molecular formula is C22H19NO4. The van der Waals surface area contributed by atoms with Gasteiger partial charge in [-0.25, -0.2) is 0 Å². The zero-order valence-corrected chi connectivity index (χ0v) is 15.1. The molecule has 1 atom stereocenters. The fourth-order valence-electron chi connectivity index (χ4n) is 3.01. The first-order chi connectivity index (χ1) is 13.2. The summed E-state index contributed by atoms with van der Waals surface area (Å²) in [5.41, 5.74) is 2.21. The normalized spacial score (nSPS) is 12.1. The van der Waals surface area contributed by atoms with Crippen LogP contribution in [-0.2, 0) is 4.79 Å². The molecule has 3 aromatic carbocycles. The Kier molecular flexibility index (Phi) is 4.42. The van der Waals surface area contributed by atoms with Crippen molar-refractivity contribution in [2.24, 2.45) is 0 Å². The van der Waals surface area contributed by atoms with Gasteiger partial charge in [-0.3, -0.25) is 4.79 Å². The SMILES string of the molecule is COc1ccccc1O[C@@H](C)C(=O)Nc1ccc2c(c1)oc1ccccc12. The van der Waals surface area contributed by atoms with Gasteiger partial charge in [-0.05, 0) is 37.3 Å². The zero-order valence-electron chi connectivity index (χ0n) is 15.1. The summed E-state index contributed by atoms with van der Waals surface area (Å²) in [7, 11) is 1.56. The highest BCUT2D eigenvalue weighted by molar-refractivity contribution is 6.06. The van der Waals surface area contributed by atoms with Gasteiger partial charge in [-0.2, -0.15) is 0 Å². The lowest BCUT2D eigenvalue weighted by Gasteiger charge is -2.16. The van der Waals surface area contributed by atoms with Gasteiger partial charge in [0.05, 0.1) is 7.11 Å². The van der Waals surface area contributed by atoms with Gasteiger partial charge in [0.1, 0.15) is 11.2 Å². The summed E-state index contributed by atoms with van der Waals surface area (Å²) in [5, 5.41) is 4.94. The Bertz CT molecular complexity index is 1120. The third-order valence-corrected chi connectivity index (χ3v) is 4.39. The average molecular weight is 361 g/mol. The van der Waals surface area contributed by atoms with Crippen molar-refractivity contribution < 1.29 is 18.7 Å². The molecular weight excluding hydrogens is 342 g/mol. The Balaban J connectivity index is 1.52. The van der Waals surface area contributed by atoms with Crippen molar-refractivity contribution in [1.29, 1.82) is 0 Å². The van der Waals surface area contributed by atoms with Crippen molar-refractivity contribution in [2.75, 3.05) is 12.4 Å². The highest BCUT2D eigenvalue weighted by Gasteiger charge is 2.17. The van der Waals surface area contributed by atoms with Gasteiger partial charge in [0.15, 0.2) is 17.6 Å². The molecule has 5 nitrogen and oxygen atoms in total. The van der Waals surface area contributed by atoms with Crippen LogP contribution in [0.3, 0.4) is 0 Å². The molecule has 0 saturated heterocycles. The lowest BCUT2D eigenvalue weighted by atomic mass is 10.1. The number of hydrogen-bond acceptors (Lipinski definition) is 4. The van der Waals surface area contributed by atoms with Gasteiger partial charge < -0.3 is 19.2 Å². The fourth-order valence-corrected chi connectivity index (χ4v) is 3.01. The number of nitrogens with one attached hydrogen (secondary N) is 1. The number of fused-ring (bicyclic) bond motifs is 3. The number of rotatable bonds is 5.